The van der Waals surface area contributed by atoms with Gasteiger partial charge in [-0.25, -0.2) is 22.7 Å². The molecule has 0 unspecified atom stereocenters. The van der Waals surface area contributed by atoms with Gasteiger partial charge in [-0.15, -0.1) is 0 Å². The maximum absolute atomic E-state index is 12.9. The van der Waals surface area contributed by atoms with E-state index in [1.165, 1.54) is 12.1 Å². The Kier molecular flexibility index (Phi) is 6.19. The summed E-state index contributed by atoms with van der Waals surface area (Å²) in [6.07, 6.45) is 0. The zero-order chi connectivity index (χ0) is 19.5. The van der Waals surface area contributed by atoms with Gasteiger partial charge in [0, 0.05) is 0 Å². The van der Waals surface area contributed by atoms with Crippen molar-refractivity contribution in [2.24, 2.45) is 5.14 Å². The lowest BCUT2D eigenvalue weighted by molar-refractivity contribution is -0.119. The molecule has 0 heterocycles. The van der Waals surface area contributed by atoms with Crippen LogP contribution in [0.25, 0.3) is 0 Å². The van der Waals surface area contributed by atoms with Crippen molar-refractivity contribution in [2.75, 3.05) is 11.9 Å². The van der Waals surface area contributed by atoms with Gasteiger partial charge < -0.3 is 10.1 Å². The molecule has 0 aromatic heterocycles. The van der Waals surface area contributed by atoms with Gasteiger partial charge in [0.25, 0.3) is 5.91 Å². The minimum atomic E-state index is -4.13. The predicted octanol–water partition coefficient (Wildman–Crippen LogP) is 2.58. The molecule has 0 aliphatic carbocycles. The third-order valence-electron chi connectivity index (χ3n) is 3.01. The van der Waals surface area contributed by atoms with E-state index in [0.29, 0.717) is 0 Å². The topological polar surface area (TPSA) is 116 Å². The van der Waals surface area contributed by atoms with E-state index in [9.17, 15) is 22.4 Å². The van der Waals surface area contributed by atoms with Crippen LogP contribution in [0.5, 0.6) is 0 Å². The van der Waals surface area contributed by atoms with Crippen LogP contribution in [0.1, 0.15) is 10.4 Å². The molecular formula is C15H11Cl2FN2O5S. The minimum Gasteiger partial charge on any atom is -0.452 e. The largest absolute Gasteiger partial charge is 0.452 e. The van der Waals surface area contributed by atoms with E-state index in [1.54, 1.807) is 0 Å². The molecule has 2 rings (SSSR count). The Balaban J connectivity index is 2.03. The summed E-state index contributed by atoms with van der Waals surface area (Å²) in [6, 6.07) is 6.66. The standard InChI is InChI=1S/C15H11Cl2FN2O5S/c16-10-3-1-8(5-13(10)26(19,23)24)15(22)25-7-14(21)20-12-4-2-9(18)6-11(12)17/h1-6H,7H2,(H,20,21)(H2,19,23,24). The number of anilines is 1. The van der Waals surface area contributed by atoms with Crippen molar-refractivity contribution in [3.05, 3.63) is 57.8 Å². The number of esters is 1. The van der Waals surface area contributed by atoms with Crippen molar-refractivity contribution in [1.82, 2.24) is 0 Å². The fourth-order valence-corrected chi connectivity index (χ4v) is 3.13. The number of nitrogens with two attached hydrogens (primary N) is 1. The van der Waals surface area contributed by atoms with Gasteiger partial charge in [-0.3, -0.25) is 4.79 Å². The van der Waals surface area contributed by atoms with Gasteiger partial charge in [-0.05, 0) is 36.4 Å². The van der Waals surface area contributed by atoms with Crippen molar-refractivity contribution in [3.8, 4) is 0 Å². The number of rotatable bonds is 5. The van der Waals surface area contributed by atoms with Gasteiger partial charge in [0.1, 0.15) is 10.7 Å². The molecule has 0 saturated carbocycles. The van der Waals surface area contributed by atoms with Gasteiger partial charge in [0.15, 0.2) is 6.61 Å². The average Bonchev–Trinajstić information content (AvgIpc) is 2.54. The zero-order valence-corrected chi connectivity index (χ0v) is 15.2. The maximum atomic E-state index is 12.9. The molecule has 0 aliphatic heterocycles. The van der Waals surface area contributed by atoms with E-state index in [-0.39, 0.29) is 21.3 Å². The summed E-state index contributed by atoms with van der Waals surface area (Å²) >= 11 is 11.5. The van der Waals surface area contributed by atoms with Crippen LogP contribution in [0.2, 0.25) is 10.0 Å². The number of ether oxygens (including phenoxy) is 1. The fraction of sp³-hybridized carbons (Fsp3) is 0.0667. The van der Waals surface area contributed by atoms with Crippen LogP contribution in [0.3, 0.4) is 0 Å². The highest BCUT2D eigenvalue weighted by Gasteiger charge is 2.18. The van der Waals surface area contributed by atoms with Gasteiger partial charge in [-0.1, -0.05) is 23.2 Å². The normalized spacial score (nSPS) is 11.1. The molecule has 2 aromatic rings. The molecule has 1 amide bonds. The lowest BCUT2D eigenvalue weighted by Crippen LogP contribution is -2.21. The van der Waals surface area contributed by atoms with Gasteiger partial charge in [-0.2, -0.15) is 0 Å². The molecule has 11 heteroatoms. The van der Waals surface area contributed by atoms with E-state index in [1.807, 2.05) is 0 Å². The van der Waals surface area contributed by atoms with E-state index < -0.39 is 39.2 Å². The van der Waals surface area contributed by atoms with Crippen molar-refractivity contribution >= 4 is 50.8 Å². The SMILES string of the molecule is NS(=O)(=O)c1cc(C(=O)OCC(=O)Nc2ccc(F)cc2Cl)ccc1Cl. The first-order chi connectivity index (χ1) is 12.1. The lowest BCUT2D eigenvalue weighted by atomic mass is 10.2. The Morgan fingerprint density at radius 2 is 1.81 bits per heavy atom. The summed E-state index contributed by atoms with van der Waals surface area (Å²) < 4.78 is 40.5. The highest BCUT2D eigenvalue weighted by atomic mass is 35.5. The number of carbonyl (C=O) groups is 2. The molecule has 0 bridgehead atoms. The molecule has 0 radical (unpaired) electrons. The Morgan fingerprint density at radius 3 is 2.42 bits per heavy atom. The third-order valence-corrected chi connectivity index (χ3v) is 4.72. The second kappa shape index (κ2) is 8.00. The van der Waals surface area contributed by atoms with Crippen LogP contribution in [0, 0.1) is 5.82 Å². The van der Waals surface area contributed by atoms with Crippen molar-refractivity contribution < 1.29 is 27.1 Å². The molecule has 26 heavy (non-hydrogen) atoms. The summed E-state index contributed by atoms with van der Waals surface area (Å²) in [5.41, 5.74) is -0.0249. The molecule has 7 nitrogen and oxygen atoms in total. The van der Waals surface area contributed by atoms with Gasteiger partial charge in [0.2, 0.25) is 10.0 Å². The van der Waals surface area contributed by atoms with Crippen LogP contribution in [0.4, 0.5) is 10.1 Å². The summed E-state index contributed by atoms with van der Waals surface area (Å²) in [6.45, 7) is -0.681. The Labute approximate surface area is 157 Å². The van der Waals surface area contributed by atoms with Crippen LogP contribution >= 0.6 is 23.2 Å². The first kappa shape index (κ1) is 20.1. The molecule has 2 aromatic carbocycles. The quantitative estimate of drug-likeness (QED) is 0.720. The van der Waals surface area contributed by atoms with Crippen molar-refractivity contribution in [3.63, 3.8) is 0 Å². The number of sulfonamides is 1. The first-order valence-corrected chi connectivity index (χ1v) is 9.12. The Morgan fingerprint density at radius 1 is 1.12 bits per heavy atom. The molecular weight excluding hydrogens is 410 g/mol. The van der Waals surface area contributed by atoms with E-state index >= 15 is 0 Å². The highest BCUT2D eigenvalue weighted by Crippen LogP contribution is 2.23. The molecule has 3 N–H and O–H groups in total. The molecule has 138 valence electrons. The number of hydrogen-bond donors (Lipinski definition) is 2. The number of nitrogens with one attached hydrogen (secondary N) is 1. The number of hydrogen-bond acceptors (Lipinski definition) is 5. The van der Waals surface area contributed by atoms with Crippen LogP contribution < -0.4 is 10.5 Å². The summed E-state index contributed by atoms with van der Waals surface area (Å²) in [7, 11) is -4.13. The van der Waals surface area contributed by atoms with E-state index in [4.69, 9.17) is 33.1 Å². The van der Waals surface area contributed by atoms with Gasteiger partial charge in [0.05, 0.1) is 21.3 Å². The maximum Gasteiger partial charge on any atom is 0.338 e. The lowest BCUT2D eigenvalue weighted by Gasteiger charge is -2.09. The third kappa shape index (κ3) is 5.15. The zero-order valence-electron chi connectivity index (χ0n) is 12.8. The van der Waals surface area contributed by atoms with E-state index in [2.05, 4.69) is 5.32 Å². The summed E-state index contributed by atoms with van der Waals surface area (Å²) in [4.78, 5) is 23.3. The van der Waals surface area contributed by atoms with E-state index in [0.717, 1.165) is 24.3 Å². The van der Waals surface area contributed by atoms with Crippen molar-refractivity contribution in [2.45, 2.75) is 4.90 Å². The van der Waals surface area contributed by atoms with Gasteiger partial charge >= 0.3 is 5.97 Å². The van der Waals surface area contributed by atoms with Crippen LogP contribution in [-0.4, -0.2) is 26.9 Å². The summed E-state index contributed by atoms with van der Waals surface area (Å²) in [5, 5.41) is 7.14. The fourth-order valence-electron chi connectivity index (χ4n) is 1.84. The average molecular weight is 421 g/mol. The second-order valence-corrected chi connectivity index (χ2v) is 7.28. The first-order valence-electron chi connectivity index (χ1n) is 6.82. The Hall–Kier alpha value is -2.20. The van der Waals surface area contributed by atoms with Crippen LogP contribution in [0.15, 0.2) is 41.3 Å². The highest BCUT2D eigenvalue weighted by molar-refractivity contribution is 7.89. The Bertz CT molecular complexity index is 982. The van der Waals surface area contributed by atoms with Crippen LogP contribution in [-0.2, 0) is 19.6 Å². The number of benzene rings is 2. The monoisotopic (exact) mass is 420 g/mol. The molecule has 0 saturated heterocycles. The number of carbonyl (C=O) groups excluding carboxylic acids is 2. The predicted molar refractivity (Wildman–Crippen MR) is 93.1 cm³/mol. The summed E-state index contributed by atoms with van der Waals surface area (Å²) in [5.74, 6) is -2.27. The van der Waals surface area contributed by atoms with Crippen molar-refractivity contribution in [1.29, 1.82) is 0 Å². The molecule has 0 spiro atoms. The molecule has 0 atom stereocenters. The molecule has 0 aliphatic rings. The number of primary sulfonamides is 1. The number of amides is 1. The molecule has 0 fully saturated rings. The minimum absolute atomic E-state index is 0.0276. The number of halogens is 3. The smallest absolute Gasteiger partial charge is 0.338 e. The second-order valence-electron chi connectivity index (χ2n) is 4.94.